The highest BCUT2D eigenvalue weighted by molar-refractivity contribution is 6.21. The van der Waals surface area contributed by atoms with Crippen molar-refractivity contribution in [3.8, 4) is 55.9 Å². The number of benzene rings is 11. The summed E-state index contributed by atoms with van der Waals surface area (Å²) in [6.45, 7) is 0. The van der Waals surface area contributed by atoms with Crippen LogP contribution in [0.5, 0.6) is 0 Å². The van der Waals surface area contributed by atoms with Crippen LogP contribution in [0.25, 0.3) is 132 Å². The van der Waals surface area contributed by atoms with Crippen LogP contribution >= 0.6 is 0 Å². The molecule has 1 aliphatic rings. The van der Waals surface area contributed by atoms with E-state index >= 15 is 0 Å². The van der Waals surface area contributed by atoms with Crippen LogP contribution in [0.2, 0.25) is 0 Å². The SMILES string of the molecule is c1ccc(-n2c3cc(-c4ccc5c(c4)c4ccccc4n5-c4cccc5c(-c6ccc7c8c(cccc68)-c6ccccc6-7)cccc45)ccc3c3ccc4ccccc4c32)cc1. The number of fused-ring (bicyclic) bond motifs is 12. The molecule has 0 aliphatic heterocycles. The first-order valence-electron chi connectivity index (χ1n) is 21.5. The van der Waals surface area contributed by atoms with Gasteiger partial charge in [-0.2, -0.15) is 0 Å². The fourth-order valence-corrected chi connectivity index (χ4v) is 11.0. The van der Waals surface area contributed by atoms with Gasteiger partial charge < -0.3 is 9.13 Å². The molecule has 0 spiro atoms. The van der Waals surface area contributed by atoms with Crippen molar-refractivity contribution in [3.63, 3.8) is 0 Å². The van der Waals surface area contributed by atoms with E-state index in [0.717, 1.165) is 5.69 Å². The zero-order valence-electron chi connectivity index (χ0n) is 33.7. The van der Waals surface area contributed by atoms with Crippen LogP contribution in [0.3, 0.4) is 0 Å². The van der Waals surface area contributed by atoms with Crippen molar-refractivity contribution in [2.75, 3.05) is 0 Å². The Bertz CT molecular complexity index is 4000. The molecular formula is C60H36N2. The Morgan fingerprint density at radius 1 is 0.258 bits per heavy atom. The summed E-state index contributed by atoms with van der Waals surface area (Å²) < 4.78 is 4.94. The number of hydrogen-bond donors (Lipinski definition) is 0. The van der Waals surface area contributed by atoms with Crippen LogP contribution in [-0.2, 0) is 0 Å². The molecule has 286 valence electrons. The van der Waals surface area contributed by atoms with Gasteiger partial charge in [0.25, 0.3) is 0 Å². The van der Waals surface area contributed by atoms with Crippen molar-refractivity contribution in [3.05, 3.63) is 218 Å². The maximum atomic E-state index is 2.48. The minimum absolute atomic E-state index is 1.16. The fraction of sp³-hybridized carbons (Fsp3) is 0. The molecule has 0 radical (unpaired) electrons. The van der Waals surface area contributed by atoms with Crippen molar-refractivity contribution < 1.29 is 0 Å². The lowest BCUT2D eigenvalue weighted by atomic mass is 9.91. The molecule has 1 aliphatic carbocycles. The highest BCUT2D eigenvalue weighted by Crippen LogP contribution is 2.50. The van der Waals surface area contributed by atoms with Crippen molar-refractivity contribution in [2.45, 2.75) is 0 Å². The summed E-state index contributed by atoms with van der Waals surface area (Å²) in [6, 6.07) is 81.0. The fourth-order valence-electron chi connectivity index (χ4n) is 11.0. The third kappa shape index (κ3) is 4.58. The molecule has 0 bridgehead atoms. The van der Waals surface area contributed by atoms with Crippen LogP contribution < -0.4 is 0 Å². The maximum Gasteiger partial charge on any atom is 0.0619 e. The van der Waals surface area contributed by atoms with Crippen molar-refractivity contribution in [1.29, 1.82) is 0 Å². The Morgan fingerprint density at radius 3 is 1.73 bits per heavy atom. The number of nitrogens with zero attached hydrogens (tertiary/aromatic N) is 2. The van der Waals surface area contributed by atoms with E-state index in [9.17, 15) is 0 Å². The predicted octanol–water partition coefficient (Wildman–Crippen LogP) is 16.3. The van der Waals surface area contributed by atoms with Crippen LogP contribution in [0.15, 0.2) is 218 Å². The first kappa shape index (κ1) is 33.6. The topological polar surface area (TPSA) is 9.86 Å². The zero-order valence-corrected chi connectivity index (χ0v) is 33.7. The zero-order chi connectivity index (χ0) is 40.5. The van der Waals surface area contributed by atoms with Gasteiger partial charge >= 0.3 is 0 Å². The molecule has 2 heterocycles. The average molecular weight is 785 g/mol. The van der Waals surface area contributed by atoms with Crippen molar-refractivity contribution in [1.82, 2.24) is 9.13 Å². The van der Waals surface area contributed by atoms with Crippen molar-refractivity contribution in [2.24, 2.45) is 0 Å². The summed E-state index contributed by atoms with van der Waals surface area (Å²) in [5, 5.41) is 12.7. The second-order valence-corrected chi connectivity index (χ2v) is 16.8. The van der Waals surface area contributed by atoms with E-state index in [1.165, 1.54) is 126 Å². The molecule has 13 aromatic rings. The Labute approximate surface area is 357 Å². The van der Waals surface area contributed by atoms with Gasteiger partial charge in [-0.15, -0.1) is 0 Å². The third-order valence-electron chi connectivity index (χ3n) is 13.7. The number of aromatic nitrogens is 2. The Hall–Kier alpha value is -8.20. The average Bonchev–Trinajstić information content (AvgIpc) is 3.98. The van der Waals surface area contributed by atoms with Crippen LogP contribution in [0.4, 0.5) is 0 Å². The van der Waals surface area contributed by atoms with Crippen LogP contribution in [-0.4, -0.2) is 9.13 Å². The van der Waals surface area contributed by atoms with Gasteiger partial charge in [0.05, 0.1) is 27.8 Å². The molecule has 0 atom stereocenters. The normalized spacial score (nSPS) is 12.2. The molecule has 0 unspecified atom stereocenters. The van der Waals surface area contributed by atoms with Gasteiger partial charge in [-0.3, -0.25) is 0 Å². The van der Waals surface area contributed by atoms with E-state index in [1.54, 1.807) is 0 Å². The second-order valence-electron chi connectivity index (χ2n) is 16.8. The molecule has 0 saturated heterocycles. The summed E-state index contributed by atoms with van der Waals surface area (Å²) >= 11 is 0. The number of para-hydroxylation sites is 2. The monoisotopic (exact) mass is 784 g/mol. The molecule has 0 amide bonds. The lowest BCUT2D eigenvalue weighted by Crippen LogP contribution is -1.96. The van der Waals surface area contributed by atoms with E-state index in [4.69, 9.17) is 0 Å². The number of rotatable bonds is 4. The molecule has 14 rings (SSSR count). The summed E-state index contributed by atoms with van der Waals surface area (Å²) in [5.41, 5.74) is 17.4. The molecule has 2 heteroatoms. The largest absolute Gasteiger partial charge is 0.309 e. The van der Waals surface area contributed by atoms with Gasteiger partial charge in [-0.05, 0) is 109 Å². The minimum Gasteiger partial charge on any atom is -0.309 e. The molecule has 0 saturated carbocycles. The van der Waals surface area contributed by atoms with E-state index in [0.29, 0.717) is 0 Å². The molecular weight excluding hydrogens is 749 g/mol. The summed E-state index contributed by atoms with van der Waals surface area (Å²) in [5.74, 6) is 0. The first-order valence-corrected chi connectivity index (χ1v) is 21.5. The Kier molecular flexibility index (Phi) is 6.86. The van der Waals surface area contributed by atoms with Gasteiger partial charge in [0.2, 0.25) is 0 Å². The lowest BCUT2D eigenvalue weighted by Gasteiger charge is -2.16. The highest BCUT2D eigenvalue weighted by atomic mass is 15.0. The molecule has 2 aromatic heterocycles. The first-order chi connectivity index (χ1) is 30.8. The van der Waals surface area contributed by atoms with E-state index in [1.807, 2.05) is 0 Å². The van der Waals surface area contributed by atoms with E-state index < -0.39 is 0 Å². The highest BCUT2D eigenvalue weighted by Gasteiger charge is 2.24. The lowest BCUT2D eigenvalue weighted by molar-refractivity contribution is 1.19. The summed E-state index contributed by atoms with van der Waals surface area (Å²) in [4.78, 5) is 0. The minimum atomic E-state index is 1.16. The standard InChI is InChI=1S/C60H36N2/c1-2-14-40(15-3-1)61-58-36-39(28-30-49(58)53-31-27-37-13-4-5-16-41(37)60(53)61)38-29-34-57-54(35-38)48-19-8-9-25-55(48)62(57)56-26-12-21-43-42(20-10-22-47(43)56)46-32-33-52-45-18-7-6-17-44(45)50-23-11-24-51(46)59(50)52/h1-36H. The van der Waals surface area contributed by atoms with Crippen LogP contribution in [0.1, 0.15) is 0 Å². The third-order valence-corrected chi connectivity index (χ3v) is 13.7. The summed E-state index contributed by atoms with van der Waals surface area (Å²) in [7, 11) is 0. The Balaban J connectivity index is 0.955. The Morgan fingerprint density at radius 2 is 0.839 bits per heavy atom. The molecule has 62 heavy (non-hydrogen) atoms. The van der Waals surface area contributed by atoms with Crippen LogP contribution in [0, 0.1) is 0 Å². The van der Waals surface area contributed by atoms with E-state index in [-0.39, 0.29) is 0 Å². The van der Waals surface area contributed by atoms with Gasteiger partial charge in [0.1, 0.15) is 0 Å². The number of hydrogen-bond acceptors (Lipinski definition) is 0. The van der Waals surface area contributed by atoms with Crippen molar-refractivity contribution >= 4 is 75.9 Å². The molecule has 2 nitrogen and oxygen atoms in total. The predicted molar refractivity (Wildman–Crippen MR) is 263 cm³/mol. The van der Waals surface area contributed by atoms with Gasteiger partial charge in [-0.1, -0.05) is 176 Å². The molecule has 11 aromatic carbocycles. The van der Waals surface area contributed by atoms with Gasteiger partial charge in [0.15, 0.2) is 0 Å². The smallest absolute Gasteiger partial charge is 0.0619 e. The maximum absolute atomic E-state index is 2.48. The second kappa shape index (κ2) is 12.7. The molecule has 0 fully saturated rings. The van der Waals surface area contributed by atoms with E-state index in [2.05, 4.69) is 228 Å². The molecule has 0 N–H and O–H groups in total. The van der Waals surface area contributed by atoms with Gasteiger partial charge in [0, 0.05) is 38.0 Å². The van der Waals surface area contributed by atoms with Gasteiger partial charge in [-0.25, -0.2) is 0 Å². The summed E-state index contributed by atoms with van der Waals surface area (Å²) in [6.07, 6.45) is 0. The quantitative estimate of drug-likeness (QED) is 0.168.